The van der Waals surface area contributed by atoms with Gasteiger partial charge in [0.05, 0.1) is 5.92 Å². The Bertz CT molecular complexity index is 767. The van der Waals surface area contributed by atoms with Crippen molar-refractivity contribution in [3.05, 3.63) is 65.0 Å². The summed E-state index contributed by atoms with van der Waals surface area (Å²) in [6, 6.07) is 12.8. The zero-order valence-electron chi connectivity index (χ0n) is 16.5. The standard InChI is InChI=1S/C22H29FN2O2/c1-15(17-7-10-20(19(23)13-17)27-12-11-24)21(26)25-14-16-5-8-18(9-6-16)22(2,3)4/h5-10,13,15H,11-12,14,24H2,1-4H3,(H,25,26). The van der Waals surface area contributed by atoms with E-state index in [1.165, 1.54) is 17.7 Å². The monoisotopic (exact) mass is 372 g/mol. The minimum atomic E-state index is -0.488. The number of amides is 1. The fourth-order valence-electron chi connectivity index (χ4n) is 2.69. The van der Waals surface area contributed by atoms with Gasteiger partial charge in [-0.15, -0.1) is 0 Å². The van der Waals surface area contributed by atoms with Crippen LogP contribution >= 0.6 is 0 Å². The average molecular weight is 372 g/mol. The van der Waals surface area contributed by atoms with Crippen molar-refractivity contribution in [3.8, 4) is 5.75 Å². The fourth-order valence-corrected chi connectivity index (χ4v) is 2.69. The van der Waals surface area contributed by atoms with Crippen molar-refractivity contribution in [1.29, 1.82) is 0 Å². The first kappa shape index (κ1) is 20.9. The lowest BCUT2D eigenvalue weighted by atomic mass is 9.87. The number of ether oxygens (including phenoxy) is 1. The largest absolute Gasteiger partial charge is 0.489 e. The Morgan fingerprint density at radius 3 is 2.41 bits per heavy atom. The van der Waals surface area contributed by atoms with Crippen LogP contribution < -0.4 is 15.8 Å². The molecule has 0 saturated heterocycles. The third kappa shape index (κ3) is 5.79. The molecule has 0 saturated carbocycles. The van der Waals surface area contributed by atoms with Crippen LogP contribution in [0, 0.1) is 5.82 Å². The minimum Gasteiger partial charge on any atom is -0.489 e. The molecule has 5 heteroatoms. The number of hydrogen-bond donors (Lipinski definition) is 2. The molecule has 1 atom stereocenters. The lowest BCUT2D eigenvalue weighted by molar-refractivity contribution is -0.122. The summed E-state index contributed by atoms with van der Waals surface area (Å²) in [5.74, 6) is -0.948. The number of halogens is 1. The summed E-state index contributed by atoms with van der Waals surface area (Å²) >= 11 is 0. The second kappa shape index (κ2) is 9.00. The molecule has 3 N–H and O–H groups in total. The van der Waals surface area contributed by atoms with Gasteiger partial charge in [-0.2, -0.15) is 0 Å². The molecule has 1 amide bonds. The van der Waals surface area contributed by atoms with Crippen molar-refractivity contribution in [2.24, 2.45) is 5.73 Å². The summed E-state index contributed by atoms with van der Waals surface area (Å²) < 4.78 is 19.3. The molecule has 0 spiro atoms. The molecular formula is C22H29FN2O2. The predicted molar refractivity (Wildman–Crippen MR) is 106 cm³/mol. The normalized spacial score (nSPS) is 12.5. The summed E-state index contributed by atoms with van der Waals surface area (Å²) in [6.45, 7) is 9.25. The van der Waals surface area contributed by atoms with Crippen LogP contribution in [0.2, 0.25) is 0 Å². The molecule has 0 fully saturated rings. The van der Waals surface area contributed by atoms with Gasteiger partial charge in [0.2, 0.25) is 5.91 Å². The quantitative estimate of drug-likeness (QED) is 0.775. The molecule has 0 aliphatic rings. The molecule has 0 heterocycles. The van der Waals surface area contributed by atoms with Gasteiger partial charge in [-0.05, 0) is 41.2 Å². The van der Waals surface area contributed by atoms with Crippen LogP contribution in [0.1, 0.15) is 50.3 Å². The number of carbonyl (C=O) groups is 1. The van der Waals surface area contributed by atoms with Crippen molar-refractivity contribution >= 4 is 5.91 Å². The summed E-state index contributed by atoms with van der Waals surface area (Å²) in [7, 11) is 0. The van der Waals surface area contributed by atoms with E-state index in [0.717, 1.165) is 5.56 Å². The second-order valence-electron chi connectivity index (χ2n) is 7.71. The SMILES string of the molecule is CC(C(=O)NCc1ccc(C(C)(C)C)cc1)c1ccc(OCCN)c(F)c1. The lowest BCUT2D eigenvalue weighted by Gasteiger charge is -2.19. The van der Waals surface area contributed by atoms with Crippen LogP contribution in [0.25, 0.3) is 0 Å². The van der Waals surface area contributed by atoms with Crippen LogP contribution in [0.3, 0.4) is 0 Å². The van der Waals surface area contributed by atoms with Crippen LogP contribution in [-0.4, -0.2) is 19.1 Å². The molecule has 1 unspecified atom stereocenters. The van der Waals surface area contributed by atoms with Crippen molar-refractivity contribution < 1.29 is 13.9 Å². The van der Waals surface area contributed by atoms with Gasteiger partial charge in [-0.25, -0.2) is 4.39 Å². The first-order valence-electron chi connectivity index (χ1n) is 9.22. The van der Waals surface area contributed by atoms with Gasteiger partial charge in [0.1, 0.15) is 6.61 Å². The second-order valence-corrected chi connectivity index (χ2v) is 7.71. The Hall–Kier alpha value is -2.40. The van der Waals surface area contributed by atoms with Crippen LogP contribution in [-0.2, 0) is 16.8 Å². The first-order chi connectivity index (χ1) is 12.7. The van der Waals surface area contributed by atoms with E-state index in [0.29, 0.717) is 18.7 Å². The van der Waals surface area contributed by atoms with E-state index in [1.807, 2.05) is 12.1 Å². The van der Waals surface area contributed by atoms with Gasteiger partial charge in [0.15, 0.2) is 11.6 Å². The zero-order valence-corrected chi connectivity index (χ0v) is 16.5. The van der Waals surface area contributed by atoms with E-state index in [-0.39, 0.29) is 23.7 Å². The Labute approximate surface area is 160 Å². The van der Waals surface area contributed by atoms with Crippen LogP contribution in [0.15, 0.2) is 42.5 Å². The van der Waals surface area contributed by atoms with Gasteiger partial charge in [0.25, 0.3) is 0 Å². The van der Waals surface area contributed by atoms with Gasteiger partial charge >= 0.3 is 0 Å². The Morgan fingerprint density at radius 2 is 1.85 bits per heavy atom. The number of nitrogens with one attached hydrogen (secondary N) is 1. The zero-order chi connectivity index (χ0) is 20.0. The number of rotatable bonds is 7. The minimum absolute atomic E-state index is 0.0976. The highest BCUT2D eigenvalue weighted by Gasteiger charge is 2.17. The molecule has 146 valence electrons. The van der Waals surface area contributed by atoms with Crippen LogP contribution in [0.4, 0.5) is 4.39 Å². The molecule has 2 aromatic carbocycles. The van der Waals surface area contributed by atoms with Gasteiger partial charge < -0.3 is 15.8 Å². The highest BCUT2D eigenvalue weighted by Crippen LogP contribution is 2.24. The van der Waals surface area contributed by atoms with E-state index in [9.17, 15) is 9.18 Å². The summed E-state index contributed by atoms with van der Waals surface area (Å²) in [6.07, 6.45) is 0. The summed E-state index contributed by atoms with van der Waals surface area (Å²) in [5, 5.41) is 2.91. The maximum Gasteiger partial charge on any atom is 0.227 e. The van der Waals surface area contributed by atoms with E-state index < -0.39 is 11.7 Å². The third-order valence-electron chi connectivity index (χ3n) is 4.51. The van der Waals surface area contributed by atoms with Crippen molar-refractivity contribution in [3.63, 3.8) is 0 Å². The fraction of sp³-hybridized carbons (Fsp3) is 0.409. The van der Waals surface area contributed by atoms with Crippen molar-refractivity contribution in [1.82, 2.24) is 5.32 Å². The topological polar surface area (TPSA) is 64.3 Å². The predicted octanol–water partition coefficient (Wildman–Crippen LogP) is 3.88. The maximum atomic E-state index is 14.1. The molecule has 0 aromatic heterocycles. The lowest BCUT2D eigenvalue weighted by Crippen LogP contribution is -2.27. The molecular weight excluding hydrogens is 343 g/mol. The highest BCUT2D eigenvalue weighted by molar-refractivity contribution is 5.83. The van der Waals surface area contributed by atoms with E-state index >= 15 is 0 Å². The van der Waals surface area contributed by atoms with Crippen molar-refractivity contribution in [2.75, 3.05) is 13.2 Å². The third-order valence-corrected chi connectivity index (χ3v) is 4.51. The molecule has 2 rings (SSSR count). The molecule has 0 aliphatic heterocycles. The molecule has 0 bridgehead atoms. The molecule has 4 nitrogen and oxygen atoms in total. The Balaban J connectivity index is 1.96. The molecule has 0 aliphatic carbocycles. The Morgan fingerprint density at radius 1 is 1.19 bits per heavy atom. The van der Waals surface area contributed by atoms with Crippen molar-refractivity contribution in [2.45, 2.75) is 45.6 Å². The summed E-state index contributed by atoms with van der Waals surface area (Å²) in [5.41, 5.74) is 8.33. The average Bonchev–Trinajstić information content (AvgIpc) is 2.64. The maximum absolute atomic E-state index is 14.1. The summed E-state index contributed by atoms with van der Waals surface area (Å²) in [4.78, 5) is 12.4. The molecule has 2 aromatic rings. The van der Waals surface area contributed by atoms with Gasteiger partial charge in [-0.3, -0.25) is 4.79 Å². The van der Waals surface area contributed by atoms with Gasteiger partial charge in [-0.1, -0.05) is 51.1 Å². The van der Waals surface area contributed by atoms with E-state index in [4.69, 9.17) is 10.5 Å². The highest BCUT2D eigenvalue weighted by atomic mass is 19.1. The first-order valence-corrected chi connectivity index (χ1v) is 9.22. The number of nitrogens with two attached hydrogens (primary N) is 1. The number of benzene rings is 2. The van der Waals surface area contributed by atoms with E-state index in [2.05, 4.69) is 38.2 Å². The van der Waals surface area contributed by atoms with Crippen LogP contribution in [0.5, 0.6) is 5.75 Å². The Kier molecular flexibility index (Phi) is 6.97. The number of hydrogen-bond acceptors (Lipinski definition) is 3. The molecule has 0 radical (unpaired) electrons. The molecule has 27 heavy (non-hydrogen) atoms. The van der Waals surface area contributed by atoms with E-state index in [1.54, 1.807) is 13.0 Å². The van der Waals surface area contributed by atoms with Gasteiger partial charge in [0, 0.05) is 13.1 Å². The smallest absolute Gasteiger partial charge is 0.227 e. The number of carbonyl (C=O) groups excluding carboxylic acids is 1.